The standard InChI is InChI=1S/C15H22Cl2N2O2S/c1-18(11-12-7-6-10-14(16)15(12)17)22(20,21)19(2)13-8-4-3-5-9-13/h6-7,10,13H,3-5,8-9,11H2,1-2H3. The molecule has 0 aliphatic heterocycles. The number of halogens is 2. The van der Waals surface area contributed by atoms with Crippen molar-refractivity contribution in [2.24, 2.45) is 0 Å². The smallest absolute Gasteiger partial charge is 0.195 e. The lowest BCUT2D eigenvalue weighted by Gasteiger charge is -2.33. The maximum Gasteiger partial charge on any atom is 0.282 e. The van der Waals surface area contributed by atoms with Crippen LogP contribution >= 0.6 is 23.2 Å². The number of rotatable bonds is 5. The van der Waals surface area contributed by atoms with Crippen LogP contribution < -0.4 is 0 Å². The Morgan fingerprint density at radius 3 is 2.41 bits per heavy atom. The molecule has 1 saturated carbocycles. The van der Waals surface area contributed by atoms with Crippen molar-refractivity contribution in [2.75, 3.05) is 14.1 Å². The molecule has 0 unspecified atom stereocenters. The molecule has 22 heavy (non-hydrogen) atoms. The topological polar surface area (TPSA) is 40.6 Å². The van der Waals surface area contributed by atoms with Crippen molar-refractivity contribution in [2.45, 2.75) is 44.7 Å². The molecule has 124 valence electrons. The quantitative estimate of drug-likeness (QED) is 0.793. The summed E-state index contributed by atoms with van der Waals surface area (Å²) < 4.78 is 28.2. The van der Waals surface area contributed by atoms with Gasteiger partial charge in [-0.25, -0.2) is 0 Å². The van der Waals surface area contributed by atoms with Gasteiger partial charge in [0.1, 0.15) is 0 Å². The zero-order valence-electron chi connectivity index (χ0n) is 12.9. The van der Waals surface area contributed by atoms with Crippen LogP contribution in [0.2, 0.25) is 10.0 Å². The summed E-state index contributed by atoms with van der Waals surface area (Å²) in [7, 11) is -0.258. The third-order valence-corrected chi connectivity index (χ3v) is 7.07. The Morgan fingerprint density at radius 1 is 1.14 bits per heavy atom. The summed E-state index contributed by atoms with van der Waals surface area (Å²) >= 11 is 12.1. The zero-order valence-corrected chi connectivity index (χ0v) is 15.3. The van der Waals surface area contributed by atoms with Crippen LogP contribution in [0.4, 0.5) is 0 Å². The molecule has 0 bridgehead atoms. The van der Waals surface area contributed by atoms with Gasteiger partial charge in [-0.2, -0.15) is 17.0 Å². The average Bonchev–Trinajstić information content (AvgIpc) is 2.51. The van der Waals surface area contributed by atoms with E-state index in [-0.39, 0.29) is 12.6 Å². The molecule has 2 rings (SSSR count). The van der Waals surface area contributed by atoms with Crippen molar-refractivity contribution >= 4 is 33.4 Å². The fourth-order valence-electron chi connectivity index (χ4n) is 2.84. The second kappa shape index (κ2) is 7.49. The Bertz CT molecular complexity index is 616. The highest BCUT2D eigenvalue weighted by atomic mass is 35.5. The van der Waals surface area contributed by atoms with Crippen LogP contribution in [0.5, 0.6) is 0 Å². The lowest BCUT2D eigenvalue weighted by atomic mass is 9.96. The lowest BCUT2D eigenvalue weighted by Crippen LogP contribution is -2.45. The largest absolute Gasteiger partial charge is 0.282 e. The van der Waals surface area contributed by atoms with Gasteiger partial charge in [-0.3, -0.25) is 0 Å². The van der Waals surface area contributed by atoms with Crippen molar-refractivity contribution in [3.05, 3.63) is 33.8 Å². The second-order valence-electron chi connectivity index (χ2n) is 5.78. The summed E-state index contributed by atoms with van der Waals surface area (Å²) in [6, 6.07) is 5.35. The summed E-state index contributed by atoms with van der Waals surface area (Å²) in [5.74, 6) is 0. The molecule has 0 radical (unpaired) electrons. The van der Waals surface area contributed by atoms with E-state index in [0.29, 0.717) is 15.6 Å². The summed E-state index contributed by atoms with van der Waals surface area (Å²) in [5, 5.41) is 0.845. The minimum Gasteiger partial charge on any atom is -0.195 e. The van der Waals surface area contributed by atoms with Crippen LogP contribution in [0.1, 0.15) is 37.7 Å². The zero-order chi connectivity index (χ0) is 16.3. The molecule has 1 aromatic rings. The molecule has 0 amide bonds. The van der Waals surface area contributed by atoms with E-state index < -0.39 is 10.2 Å². The van der Waals surface area contributed by atoms with Crippen molar-refractivity contribution in [3.8, 4) is 0 Å². The van der Waals surface area contributed by atoms with Gasteiger partial charge in [-0.05, 0) is 24.5 Å². The van der Waals surface area contributed by atoms with Crippen LogP contribution in [0.3, 0.4) is 0 Å². The SMILES string of the molecule is CN(Cc1cccc(Cl)c1Cl)S(=O)(=O)N(C)C1CCCCC1. The highest BCUT2D eigenvalue weighted by molar-refractivity contribution is 7.86. The van der Waals surface area contributed by atoms with Crippen molar-refractivity contribution in [1.29, 1.82) is 0 Å². The third kappa shape index (κ3) is 3.95. The molecule has 1 aliphatic rings. The van der Waals surface area contributed by atoms with Crippen LogP contribution in [0.15, 0.2) is 18.2 Å². The average molecular weight is 365 g/mol. The van der Waals surface area contributed by atoms with Gasteiger partial charge in [0.15, 0.2) is 0 Å². The van der Waals surface area contributed by atoms with Crippen LogP contribution in [0.25, 0.3) is 0 Å². The van der Waals surface area contributed by atoms with Gasteiger partial charge in [-0.1, -0.05) is 54.6 Å². The van der Waals surface area contributed by atoms with E-state index in [1.165, 1.54) is 15.0 Å². The minimum absolute atomic E-state index is 0.0935. The Hall–Kier alpha value is -0.330. The molecule has 0 N–H and O–H groups in total. The highest BCUT2D eigenvalue weighted by Crippen LogP contribution is 2.28. The minimum atomic E-state index is -3.50. The van der Waals surface area contributed by atoms with Crippen LogP contribution in [-0.4, -0.2) is 37.2 Å². The normalized spacial score (nSPS) is 17.4. The maximum absolute atomic E-state index is 12.7. The fraction of sp³-hybridized carbons (Fsp3) is 0.600. The Labute approximate surface area is 143 Å². The molecule has 4 nitrogen and oxygen atoms in total. The van der Waals surface area contributed by atoms with Crippen molar-refractivity contribution in [1.82, 2.24) is 8.61 Å². The molecule has 1 aliphatic carbocycles. The predicted molar refractivity (Wildman–Crippen MR) is 91.5 cm³/mol. The van der Waals surface area contributed by atoms with Crippen molar-refractivity contribution in [3.63, 3.8) is 0 Å². The molecule has 1 fully saturated rings. The first kappa shape index (κ1) is 18.0. The molecular formula is C15H22Cl2N2O2S. The molecule has 1 aromatic carbocycles. The van der Waals surface area contributed by atoms with Gasteiger partial charge in [-0.15, -0.1) is 0 Å². The number of hydrogen-bond acceptors (Lipinski definition) is 2. The molecule has 0 atom stereocenters. The lowest BCUT2D eigenvalue weighted by molar-refractivity contribution is 0.268. The Kier molecular flexibility index (Phi) is 6.14. The molecule has 0 saturated heterocycles. The van der Waals surface area contributed by atoms with Gasteiger partial charge >= 0.3 is 0 Å². The van der Waals surface area contributed by atoms with E-state index in [2.05, 4.69) is 0 Å². The van der Waals surface area contributed by atoms with Crippen molar-refractivity contribution < 1.29 is 8.42 Å². The fourth-order valence-corrected chi connectivity index (χ4v) is 4.55. The van der Waals surface area contributed by atoms with Gasteiger partial charge in [0.2, 0.25) is 0 Å². The molecule has 0 heterocycles. The van der Waals surface area contributed by atoms with E-state index in [9.17, 15) is 8.42 Å². The van der Waals surface area contributed by atoms with Crippen LogP contribution in [0, 0.1) is 0 Å². The first-order valence-electron chi connectivity index (χ1n) is 7.46. The van der Waals surface area contributed by atoms with E-state index >= 15 is 0 Å². The maximum atomic E-state index is 12.7. The summed E-state index contributed by atoms with van der Waals surface area (Å²) in [6.45, 7) is 0.207. The molecule has 7 heteroatoms. The van der Waals surface area contributed by atoms with Gasteiger partial charge in [0, 0.05) is 26.7 Å². The van der Waals surface area contributed by atoms with Crippen LogP contribution in [-0.2, 0) is 16.8 Å². The monoisotopic (exact) mass is 364 g/mol. The number of hydrogen-bond donors (Lipinski definition) is 0. The number of nitrogens with zero attached hydrogens (tertiary/aromatic N) is 2. The van der Waals surface area contributed by atoms with Gasteiger partial charge in [0.25, 0.3) is 10.2 Å². The summed E-state index contributed by atoms with van der Waals surface area (Å²) in [5.41, 5.74) is 0.706. The molecule has 0 spiro atoms. The van der Waals surface area contributed by atoms with E-state index in [4.69, 9.17) is 23.2 Å². The molecule has 0 aromatic heterocycles. The van der Waals surface area contributed by atoms with Gasteiger partial charge in [0.05, 0.1) is 10.0 Å². The Morgan fingerprint density at radius 2 is 1.77 bits per heavy atom. The first-order valence-corrected chi connectivity index (χ1v) is 9.61. The molecular weight excluding hydrogens is 343 g/mol. The first-order chi connectivity index (χ1) is 10.3. The summed E-state index contributed by atoms with van der Waals surface area (Å²) in [6.07, 6.45) is 5.24. The predicted octanol–water partition coefficient (Wildman–Crippen LogP) is 3.93. The highest BCUT2D eigenvalue weighted by Gasteiger charge is 2.31. The van der Waals surface area contributed by atoms with E-state index in [1.807, 2.05) is 0 Å². The van der Waals surface area contributed by atoms with Gasteiger partial charge < -0.3 is 0 Å². The third-order valence-electron chi connectivity index (χ3n) is 4.27. The summed E-state index contributed by atoms with van der Waals surface area (Å²) in [4.78, 5) is 0. The number of benzene rings is 1. The Balaban J connectivity index is 2.12. The van der Waals surface area contributed by atoms with E-state index in [1.54, 1.807) is 32.3 Å². The second-order valence-corrected chi connectivity index (χ2v) is 8.66. The van der Waals surface area contributed by atoms with E-state index in [0.717, 1.165) is 25.7 Å².